The van der Waals surface area contributed by atoms with E-state index in [9.17, 15) is 0 Å². The molecule has 192 valence electrons. The highest BCUT2D eigenvalue weighted by Gasteiger charge is 2.28. The maximum Gasteiger partial charge on any atom is 0.0995 e. The Bertz CT molecular complexity index is 1400. The van der Waals surface area contributed by atoms with E-state index in [1.165, 1.54) is 73.1 Å². The number of nitrogens with zero attached hydrogens (tertiary/aromatic N) is 4. The van der Waals surface area contributed by atoms with Crippen LogP contribution >= 0.6 is 0 Å². The van der Waals surface area contributed by atoms with Crippen molar-refractivity contribution in [3.8, 4) is 0 Å². The van der Waals surface area contributed by atoms with E-state index in [-0.39, 0.29) is 0 Å². The average Bonchev–Trinajstić information content (AvgIpc) is 3.38. The van der Waals surface area contributed by atoms with Crippen molar-refractivity contribution >= 4 is 22.7 Å². The first kappa shape index (κ1) is 25.0. The van der Waals surface area contributed by atoms with Gasteiger partial charge in [0.05, 0.1) is 13.3 Å². The molecule has 0 atom stereocenters. The molecular weight excluding hydrogens is 452 g/mol. The molecule has 0 fully saturated rings. The number of benzene rings is 3. The van der Waals surface area contributed by atoms with Gasteiger partial charge in [-0.15, -0.1) is 0 Å². The molecule has 0 unspecified atom stereocenters. The number of rotatable bonds is 4. The lowest BCUT2D eigenvalue weighted by molar-refractivity contribution is 0.924. The van der Waals surface area contributed by atoms with Crippen molar-refractivity contribution in [1.82, 2.24) is 0 Å². The van der Waals surface area contributed by atoms with Gasteiger partial charge in [0.1, 0.15) is 0 Å². The summed E-state index contributed by atoms with van der Waals surface area (Å²) in [6.45, 7) is 21.6. The van der Waals surface area contributed by atoms with Crippen molar-refractivity contribution in [2.45, 2.75) is 62.3 Å². The Hall–Kier alpha value is -3.66. The van der Waals surface area contributed by atoms with E-state index in [2.05, 4.69) is 137 Å². The highest BCUT2D eigenvalue weighted by Crippen LogP contribution is 2.39. The van der Waals surface area contributed by atoms with Crippen LogP contribution in [0, 0.1) is 48.5 Å². The highest BCUT2D eigenvalue weighted by atomic mass is 15.4. The molecule has 0 aliphatic carbocycles. The first-order chi connectivity index (χ1) is 17.5. The summed E-state index contributed by atoms with van der Waals surface area (Å²) in [7, 11) is 0. The molecule has 0 saturated heterocycles. The van der Waals surface area contributed by atoms with Crippen LogP contribution in [0.2, 0.25) is 0 Å². The summed E-state index contributed by atoms with van der Waals surface area (Å²) in [5.74, 6) is 0. The molecule has 4 nitrogen and oxygen atoms in total. The minimum absolute atomic E-state index is 0.815. The molecular formula is C33H40N4. The van der Waals surface area contributed by atoms with Crippen molar-refractivity contribution in [3.63, 3.8) is 0 Å². The minimum atomic E-state index is 0.815. The van der Waals surface area contributed by atoms with Gasteiger partial charge in [0, 0.05) is 46.5 Å². The zero-order chi connectivity index (χ0) is 26.6. The second kappa shape index (κ2) is 9.33. The van der Waals surface area contributed by atoms with E-state index in [4.69, 9.17) is 0 Å². The van der Waals surface area contributed by atoms with E-state index in [0.29, 0.717) is 0 Å². The summed E-state index contributed by atoms with van der Waals surface area (Å²) >= 11 is 0. The van der Waals surface area contributed by atoms with Crippen LogP contribution < -0.4 is 19.6 Å². The average molecular weight is 493 g/mol. The maximum absolute atomic E-state index is 2.47. The first-order valence-corrected chi connectivity index (χ1v) is 13.2. The molecule has 0 spiro atoms. The van der Waals surface area contributed by atoms with Gasteiger partial charge in [0.15, 0.2) is 0 Å². The van der Waals surface area contributed by atoms with Gasteiger partial charge in [-0.05, 0) is 108 Å². The Kier molecular flexibility index (Phi) is 6.31. The lowest BCUT2D eigenvalue weighted by Crippen LogP contribution is -2.29. The normalized spacial score (nSPS) is 15.6. The second-order valence-corrected chi connectivity index (χ2v) is 11.1. The predicted molar refractivity (Wildman–Crippen MR) is 160 cm³/mol. The third-order valence-corrected chi connectivity index (χ3v) is 7.87. The van der Waals surface area contributed by atoms with Crippen molar-refractivity contribution < 1.29 is 0 Å². The van der Waals surface area contributed by atoms with E-state index in [1.807, 2.05) is 0 Å². The molecule has 0 aromatic heterocycles. The fourth-order valence-corrected chi connectivity index (χ4v) is 6.28. The quantitative estimate of drug-likeness (QED) is 0.364. The molecule has 3 aromatic rings. The summed E-state index contributed by atoms with van der Waals surface area (Å²) in [4.78, 5) is 9.64. The predicted octanol–water partition coefficient (Wildman–Crippen LogP) is 8.14. The smallest absolute Gasteiger partial charge is 0.0995 e. The van der Waals surface area contributed by atoms with Crippen LogP contribution in [-0.4, -0.2) is 13.3 Å². The monoisotopic (exact) mass is 492 g/mol. The molecule has 0 saturated carbocycles. The molecule has 0 amide bonds. The fourth-order valence-electron chi connectivity index (χ4n) is 6.28. The van der Waals surface area contributed by atoms with Gasteiger partial charge in [-0.3, -0.25) is 0 Å². The van der Waals surface area contributed by atoms with Gasteiger partial charge in [-0.25, -0.2) is 0 Å². The summed E-state index contributed by atoms with van der Waals surface area (Å²) in [6, 6.07) is 16.1. The third kappa shape index (κ3) is 4.50. The number of anilines is 4. The minimum Gasteiger partial charge on any atom is -0.328 e. The molecule has 3 aromatic carbocycles. The second-order valence-electron chi connectivity index (χ2n) is 11.1. The van der Waals surface area contributed by atoms with Crippen molar-refractivity contribution in [1.29, 1.82) is 0 Å². The van der Waals surface area contributed by atoms with Crippen LogP contribution in [0.25, 0.3) is 0 Å². The van der Waals surface area contributed by atoms with Gasteiger partial charge >= 0.3 is 0 Å². The number of aryl methyl sites for hydroxylation is 7. The number of hydrogen-bond donors (Lipinski definition) is 0. The van der Waals surface area contributed by atoms with E-state index in [1.54, 1.807) is 0 Å². The molecule has 5 rings (SSSR count). The Balaban J connectivity index is 1.43. The third-order valence-electron chi connectivity index (χ3n) is 7.87. The van der Waals surface area contributed by atoms with Crippen molar-refractivity contribution in [3.05, 3.63) is 105 Å². The largest absolute Gasteiger partial charge is 0.328 e. The summed E-state index contributed by atoms with van der Waals surface area (Å²) < 4.78 is 0. The molecule has 0 bridgehead atoms. The number of allylic oxidation sites excluding steroid dienone is 2. The Labute approximate surface area is 223 Å². The Morgan fingerprint density at radius 2 is 0.892 bits per heavy atom. The van der Waals surface area contributed by atoms with E-state index < -0.39 is 0 Å². The van der Waals surface area contributed by atoms with Gasteiger partial charge < -0.3 is 19.6 Å². The summed E-state index contributed by atoms with van der Waals surface area (Å²) in [5.41, 5.74) is 17.0. The molecule has 37 heavy (non-hydrogen) atoms. The number of hydrogen-bond acceptors (Lipinski definition) is 4. The maximum atomic E-state index is 2.47. The van der Waals surface area contributed by atoms with E-state index in [0.717, 1.165) is 13.3 Å². The van der Waals surface area contributed by atoms with Crippen molar-refractivity contribution in [2.24, 2.45) is 0 Å². The van der Waals surface area contributed by atoms with Crippen LogP contribution in [0.1, 0.15) is 52.8 Å². The van der Waals surface area contributed by atoms with Gasteiger partial charge in [0.25, 0.3) is 0 Å². The Morgan fingerprint density at radius 1 is 0.432 bits per heavy atom. The lowest BCUT2D eigenvalue weighted by Gasteiger charge is -2.28. The summed E-state index contributed by atoms with van der Waals surface area (Å²) in [6.07, 6.45) is 4.42. The topological polar surface area (TPSA) is 13.0 Å². The van der Waals surface area contributed by atoms with Gasteiger partial charge in [-0.1, -0.05) is 35.4 Å². The van der Waals surface area contributed by atoms with Gasteiger partial charge in [0.2, 0.25) is 0 Å². The zero-order valence-corrected chi connectivity index (χ0v) is 23.9. The van der Waals surface area contributed by atoms with Gasteiger partial charge in [-0.2, -0.15) is 0 Å². The standard InChI is InChI=1S/C33H40N4/c1-21-12-24(4)32(25(5)13-21)35-11-10-34(19-35)30-16-23(3)17-31(18-30)36-20-37(29(9)28(36)8)33-26(6)14-22(2)15-27(33)7/h10-18H,19-20H2,1-9H3. The zero-order valence-electron chi connectivity index (χ0n) is 23.9. The van der Waals surface area contributed by atoms with E-state index >= 15 is 0 Å². The molecule has 0 radical (unpaired) electrons. The Morgan fingerprint density at radius 3 is 1.49 bits per heavy atom. The molecule has 2 aliphatic heterocycles. The van der Waals surface area contributed by atoms with Crippen molar-refractivity contribution in [2.75, 3.05) is 32.9 Å². The van der Waals surface area contributed by atoms with Crippen LogP contribution in [0.4, 0.5) is 22.7 Å². The molecule has 2 heterocycles. The highest BCUT2D eigenvalue weighted by molar-refractivity contribution is 5.73. The molecule has 2 aliphatic rings. The van der Waals surface area contributed by atoms with Crippen LogP contribution in [0.15, 0.2) is 66.3 Å². The SMILES string of the molecule is CC1=C(C)N(c2c(C)cc(C)cc2C)CN1c1cc(C)cc(N2C=CN(c3c(C)cc(C)cc3C)C2)c1. The molecule has 4 heteroatoms. The summed E-state index contributed by atoms with van der Waals surface area (Å²) in [5, 5.41) is 0. The van der Waals surface area contributed by atoms with Crippen LogP contribution in [0.3, 0.4) is 0 Å². The fraction of sp³-hybridized carbons (Fsp3) is 0.333. The van der Waals surface area contributed by atoms with Crippen LogP contribution in [0.5, 0.6) is 0 Å². The first-order valence-electron chi connectivity index (χ1n) is 13.2. The van der Waals surface area contributed by atoms with Crippen LogP contribution in [-0.2, 0) is 0 Å². The molecule has 0 N–H and O–H groups in total. The lowest BCUT2D eigenvalue weighted by atomic mass is 10.0.